The van der Waals surface area contributed by atoms with Gasteiger partial charge in [-0.05, 0) is 35.8 Å². The van der Waals surface area contributed by atoms with Crippen molar-refractivity contribution in [2.24, 2.45) is 5.92 Å². The number of hydrogen-bond acceptors (Lipinski definition) is 2. The Morgan fingerprint density at radius 2 is 1.74 bits per heavy atom. The molecule has 1 aliphatic rings. The Balaban J connectivity index is 2.09. The van der Waals surface area contributed by atoms with Crippen LogP contribution in [-0.2, 0) is 0 Å². The lowest BCUT2D eigenvalue weighted by Crippen LogP contribution is -2.38. The van der Waals surface area contributed by atoms with Crippen LogP contribution in [0.4, 0.5) is 0 Å². The van der Waals surface area contributed by atoms with Gasteiger partial charge in [-0.2, -0.15) is 11.8 Å². The Kier molecular flexibility index (Phi) is 6.25. The fourth-order valence-electron chi connectivity index (χ4n) is 3.04. The molecular formula is C17H27NS. The molecule has 0 saturated carbocycles. The van der Waals surface area contributed by atoms with Crippen LogP contribution in [0.2, 0.25) is 0 Å². The minimum atomic E-state index is 0.532. The Morgan fingerprint density at radius 1 is 1.11 bits per heavy atom. The first-order valence-corrected chi connectivity index (χ1v) is 8.89. The van der Waals surface area contributed by atoms with Crippen molar-refractivity contribution in [1.29, 1.82) is 0 Å². The molecule has 1 N–H and O–H groups in total. The van der Waals surface area contributed by atoms with Crippen molar-refractivity contribution in [3.63, 3.8) is 0 Å². The highest BCUT2D eigenvalue weighted by atomic mass is 32.2. The van der Waals surface area contributed by atoms with E-state index < -0.39 is 0 Å². The van der Waals surface area contributed by atoms with Gasteiger partial charge in [-0.3, -0.25) is 0 Å². The maximum Gasteiger partial charge on any atom is 0.0350 e. The Bertz CT molecular complexity index is 342. The van der Waals surface area contributed by atoms with Gasteiger partial charge in [0.25, 0.3) is 0 Å². The molecule has 2 rings (SSSR count). The number of hydrogen-bond donors (Lipinski definition) is 1. The van der Waals surface area contributed by atoms with E-state index in [9.17, 15) is 0 Å². The summed E-state index contributed by atoms with van der Waals surface area (Å²) in [7, 11) is 0. The monoisotopic (exact) mass is 277 g/mol. The quantitative estimate of drug-likeness (QED) is 0.812. The largest absolute Gasteiger partial charge is 0.307 e. The van der Waals surface area contributed by atoms with Crippen LogP contribution in [0.3, 0.4) is 0 Å². The normalized spacial score (nSPS) is 18.7. The van der Waals surface area contributed by atoms with Gasteiger partial charge in [0.15, 0.2) is 0 Å². The van der Waals surface area contributed by atoms with Crippen LogP contribution < -0.4 is 5.32 Å². The molecule has 1 saturated heterocycles. The predicted molar refractivity (Wildman–Crippen MR) is 86.7 cm³/mol. The number of rotatable bonds is 6. The highest BCUT2D eigenvalue weighted by Gasteiger charge is 2.24. The van der Waals surface area contributed by atoms with Crippen molar-refractivity contribution in [2.45, 2.75) is 51.6 Å². The summed E-state index contributed by atoms with van der Waals surface area (Å²) in [5, 5.41) is 3.96. The Morgan fingerprint density at radius 3 is 2.32 bits per heavy atom. The second-order valence-electron chi connectivity index (χ2n) is 5.52. The van der Waals surface area contributed by atoms with Gasteiger partial charge >= 0.3 is 0 Å². The summed E-state index contributed by atoms with van der Waals surface area (Å²) in [4.78, 5) is 0. The van der Waals surface area contributed by atoms with E-state index in [-0.39, 0.29) is 0 Å². The lowest BCUT2D eigenvalue weighted by molar-refractivity contribution is 0.299. The van der Waals surface area contributed by atoms with Crippen molar-refractivity contribution in [2.75, 3.05) is 11.5 Å². The second-order valence-corrected chi connectivity index (χ2v) is 6.74. The molecule has 0 amide bonds. The molecule has 0 spiro atoms. The van der Waals surface area contributed by atoms with Gasteiger partial charge in [0.2, 0.25) is 0 Å². The smallest absolute Gasteiger partial charge is 0.0350 e. The third-order valence-electron chi connectivity index (χ3n) is 4.32. The van der Waals surface area contributed by atoms with Crippen molar-refractivity contribution in [1.82, 2.24) is 5.32 Å². The van der Waals surface area contributed by atoms with Crippen LogP contribution in [0.1, 0.15) is 51.1 Å². The fraction of sp³-hybridized carbons (Fsp3) is 0.647. The van der Waals surface area contributed by atoms with E-state index in [1.165, 1.54) is 42.8 Å². The van der Waals surface area contributed by atoms with E-state index in [2.05, 4.69) is 61.3 Å². The number of benzene rings is 1. The molecule has 1 heterocycles. The minimum absolute atomic E-state index is 0.532. The molecule has 1 atom stereocenters. The van der Waals surface area contributed by atoms with Gasteiger partial charge in [-0.25, -0.2) is 0 Å². The van der Waals surface area contributed by atoms with Gasteiger partial charge in [-0.1, -0.05) is 57.0 Å². The minimum Gasteiger partial charge on any atom is -0.307 e. The van der Waals surface area contributed by atoms with Crippen LogP contribution in [-0.4, -0.2) is 17.5 Å². The van der Waals surface area contributed by atoms with Gasteiger partial charge in [0.1, 0.15) is 0 Å². The standard InChI is InChI=1S/C17H27NS/c1-3-14(4-2)17(15-8-6-5-7-9-15)18-16-10-12-19-13-11-16/h5-9,14,16-18H,3-4,10-13H2,1-2H3. The van der Waals surface area contributed by atoms with Crippen molar-refractivity contribution in [3.05, 3.63) is 35.9 Å². The van der Waals surface area contributed by atoms with Crippen molar-refractivity contribution < 1.29 is 0 Å². The highest BCUT2D eigenvalue weighted by Crippen LogP contribution is 2.29. The molecule has 0 aliphatic carbocycles. The molecule has 1 aromatic carbocycles. The first kappa shape index (κ1) is 14.9. The molecule has 106 valence electrons. The molecule has 1 aromatic rings. The van der Waals surface area contributed by atoms with Gasteiger partial charge < -0.3 is 5.32 Å². The summed E-state index contributed by atoms with van der Waals surface area (Å²) in [6, 6.07) is 12.3. The summed E-state index contributed by atoms with van der Waals surface area (Å²) < 4.78 is 0. The summed E-state index contributed by atoms with van der Waals surface area (Å²) in [6.45, 7) is 4.64. The lowest BCUT2D eigenvalue weighted by atomic mass is 9.88. The topological polar surface area (TPSA) is 12.0 Å². The van der Waals surface area contributed by atoms with Crippen LogP contribution in [0.5, 0.6) is 0 Å². The van der Waals surface area contributed by atoms with E-state index in [0.717, 1.165) is 5.92 Å². The zero-order chi connectivity index (χ0) is 13.5. The van der Waals surface area contributed by atoms with Crippen molar-refractivity contribution in [3.8, 4) is 0 Å². The average Bonchev–Trinajstić information content (AvgIpc) is 2.49. The summed E-state index contributed by atoms with van der Waals surface area (Å²) in [5.41, 5.74) is 1.47. The van der Waals surface area contributed by atoms with Crippen LogP contribution in [0, 0.1) is 5.92 Å². The van der Waals surface area contributed by atoms with E-state index in [4.69, 9.17) is 0 Å². The van der Waals surface area contributed by atoms with E-state index in [1.54, 1.807) is 0 Å². The number of nitrogens with one attached hydrogen (secondary N) is 1. The molecule has 0 radical (unpaired) electrons. The SMILES string of the molecule is CCC(CC)C(NC1CCSCC1)c1ccccc1. The summed E-state index contributed by atoms with van der Waals surface area (Å²) in [5.74, 6) is 3.39. The van der Waals surface area contributed by atoms with Crippen LogP contribution in [0.15, 0.2) is 30.3 Å². The van der Waals surface area contributed by atoms with Crippen LogP contribution >= 0.6 is 11.8 Å². The zero-order valence-corrected chi connectivity index (χ0v) is 13.1. The summed E-state index contributed by atoms with van der Waals surface area (Å²) in [6.07, 6.45) is 5.16. The molecular weight excluding hydrogens is 250 g/mol. The zero-order valence-electron chi connectivity index (χ0n) is 12.3. The Labute approximate surface area is 122 Å². The van der Waals surface area contributed by atoms with E-state index >= 15 is 0 Å². The summed E-state index contributed by atoms with van der Waals surface area (Å²) >= 11 is 2.10. The average molecular weight is 277 g/mol. The van der Waals surface area contributed by atoms with Crippen LogP contribution in [0.25, 0.3) is 0 Å². The fourth-order valence-corrected chi connectivity index (χ4v) is 4.15. The van der Waals surface area contributed by atoms with Gasteiger partial charge in [-0.15, -0.1) is 0 Å². The van der Waals surface area contributed by atoms with Crippen molar-refractivity contribution >= 4 is 11.8 Å². The third-order valence-corrected chi connectivity index (χ3v) is 5.36. The highest BCUT2D eigenvalue weighted by molar-refractivity contribution is 7.99. The lowest BCUT2D eigenvalue weighted by Gasteiger charge is -2.33. The predicted octanol–water partition coefficient (Wildman–Crippen LogP) is 4.65. The van der Waals surface area contributed by atoms with E-state index in [1.807, 2.05) is 0 Å². The molecule has 0 bridgehead atoms. The molecule has 1 nitrogen and oxygen atoms in total. The Hall–Kier alpha value is -0.470. The maximum absolute atomic E-state index is 3.96. The second kappa shape index (κ2) is 7.96. The van der Waals surface area contributed by atoms with Gasteiger partial charge in [0.05, 0.1) is 0 Å². The molecule has 0 aromatic heterocycles. The molecule has 19 heavy (non-hydrogen) atoms. The van der Waals surface area contributed by atoms with E-state index in [0.29, 0.717) is 12.1 Å². The molecule has 1 unspecified atom stereocenters. The first-order valence-electron chi connectivity index (χ1n) is 7.73. The third kappa shape index (κ3) is 4.25. The number of thioether (sulfide) groups is 1. The molecule has 2 heteroatoms. The first-order chi connectivity index (χ1) is 9.35. The maximum atomic E-state index is 3.96. The molecule has 1 fully saturated rings. The molecule has 1 aliphatic heterocycles. The van der Waals surface area contributed by atoms with Gasteiger partial charge in [0, 0.05) is 12.1 Å².